The molecular weight excluding hydrogens is 304 g/mol. The van der Waals surface area contributed by atoms with Crippen LogP contribution in [0.4, 0.5) is 0 Å². The van der Waals surface area contributed by atoms with Crippen LogP contribution in [-0.4, -0.2) is 51.8 Å². The van der Waals surface area contributed by atoms with E-state index in [4.69, 9.17) is 18.9 Å². The molecule has 2 saturated heterocycles. The minimum atomic E-state index is 0.547. The number of rotatable bonds is 17. The van der Waals surface area contributed by atoms with E-state index in [9.17, 15) is 0 Å². The Morgan fingerprint density at radius 1 is 0.708 bits per heavy atom. The third-order valence-corrected chi connectivity index (χ3v) is 5.19. The molecule has 0 saturated carbocycles. The van der Waals surface area contributed by atoms with Gasteiger partial charge in [-0.05, 0) is 50.4 Å². The predicted octanol–water partition coefficient (Wildman–Crippen LogP) is 4.21. The van der Waals surface area contributed by atoms with Gasteiger partial charge in [-0.1, -0.05) is 26.7 Å². The third-order valence-electron chi connectivity index (χ3n) is 5.19. The largest absolute Gasteiger partial charge is 0.379 e. The molecule has 2 heterocycles. The van der Waals surface area contributed by atoms with E-state index in [1.165, 1.54) is 38.5 Å². The predicted molar refractivity (Wildman–Crippen MR) is 96.4 cm³/mol. The van der Waals surface area contributed by atoms with Crippen LogP contribution in [0.15, 0.2) is 0 Å². The van der Waals surface area contributed by atoms with E-state index >= 15 is 0 Å². The topological polar surface area (TPSA) is 43.5 Å². The van der Waals surface area contributed by atoms with Gasteiger partial charge >= 0.3 is 0 Å². The van der Waals surface area contributed by atoms with Gasteiger partial charge in [-0.3, -0.25) is 0 Å². The van der Waals surface area contributed by atoms with E-state index < -0.39 is 0 Å². The molecule has 0 bridgehead atoms. The number of epoxide rings is 2. The zero-order valence-electron chi connectivity index (χ0n) is 15.8. The highest BCUT2D eigenvalue weighted by molar-refractivity contribution is 4.79. The fourth-order valence-electron chi connectivity index (χ4n) is 3.65. The molecule has 0 spiro atoms. The summed E-state index contributed by atoms with van der Waals surface area (Å²) >= 11 is 0. The van der Waals surface area contributed by atoms with Crippen LogP contribution in [0.2, 0.25) is 0 Å². The van der Waals surface area contributed by atoms with Crippen molar-refractivity contribution in [2.45, 2.75) is 77.4 Å². The molecule has 4 nitrogen and oxygen atoms in total. The van der Waals surface area contributed by atoms with Crippen LogP contribution < -0.4 is 0 Å². The molecule has 2 fully saturated rings. The van der Waals surface area contributed by atoms with Gasteiger partial charge in [0.1, 0.15) is 0 Å². The van der Waals surface area contributed by atoms with Crippen LogP contribution >= 0.6 is 0 Å². The van der Waals surface area contributed by atoms with Gasteiger partial charge in [-0.25, -0.2) is 0 Å². The maximum Gasteiger partial charge on any atom is 0.0838 e. The van der Waals surface area contributed by atoms with Crippen molar-refractivity contribution in [1.29, 1.82) is 0 Å². The van der Waals surface area contributed by atoms with Gasteiger partial charge in [0.15, 0.2) is 0 Å². The highest BCUT2D eigenvalue weighted by atomic mass is 16.6. The zero-order valence-corrected chi connectivity index (χ0v) is 15.8. The van der Waals surface area contributed by atoms with Crippen molar-refractivity contribution in [3.05, 3.63) is 0 Å². The Bertz CT molecular complexity index is 272. The second-order valence-electron chi connectivity index (χ2n) is 7.35. The Balaban J connectivity index is 1.34. The number of hydrogen-bond acceptors (Lipinski definition) is 4. The van der Waals surface area contributed by atoms with E-state index in [1.54, 1.807) is 0 Å². The summed E-state index contributed by atoms with van der Waals surface area (Å²) in [4.78, 5) is 0. The second kappa shape index (κ2) is 12.2. The molecule has 24 heavy (non-hydrogen) atoms. The quantitative estimate of drug-likeness (QED) is 0.293. The standard InChI is InChI=1S/C20H38O4/c1-3-7-17(19-15-23-19)9-5-11-21-13-14-22-12-6-10-18(8-4-2)20-16-24-20/h17-20H,3-16H2,1-2H3. The molecule has 2 rings (SSSR count). The highest BCUT2D eigenvalue weighted by Gasteiger charge is 2.32. The van der Waals surface area contributed by atoms with Gasteiger partial charge in [-0.2, -0.15) is 0 Å². The number of hydrogen-bond donors (Lipinski definition) is 0. The van der Waals surface area contributed by atoms with E-state index in [1.807, 2.05) is 0 Å². The van der Waals surface area contributed by atoms with Crippen LogP contribution in [-0.2, 0) is 18.9 Å². The molecule has 0 amide bonds. The van der Waals surface area contributed by atoms with Crippen molar-refractivity contribution in [3.63, 3.8) is 0 Å². The van der Waals surface area contributed by atoms with E-state index in [0.29, 0.717) is 12.2 Å². The van der Waals surface area contributed by atoms with E-state index in [0.717, 1.165) is 64.3 Å². The molecule has 0 aliphatic carbocycles. The molecule has 4 atom stereocenters. The van der Waals surface area contributed by atoms with Crippen LogP contribution in [0.3, 0.4) is 0 Å². The minimum Gasteiger partial charge on any atom is -0.379 e. The van der Waals surface area contributed by atoms with Crippen LogP contribution in [0.1, 0.15) is 65.2 Å². The van der Waals surface area contributed by atoms with Gasteiger partial charge in [-0.15, -0.1) is 0 Å². The molecule has 2 aliphatic rings. The zero-order chi connectivity index (χ0) is 17.0. The molecule has 0 aromatic carbocycles. The average Bonchev–Trinajstić information content (AvgIpc) is 3.47. The smallest absolute Gasteiger partial charge is 0.0838 e. The monoisotopic (exact) mass is 342 g/mol. The minimum absolute atomic E-state index is 0.547. The molecule has 0 aromatic rings. The molecule has 0 N–H and O–H groups in total. The summed E-state index contributed by atoms with van der Waals surface area (Å²) in [5.74, 6) is 1.50. The van der Waals surface area contributed by atoms with Crippen LogP contribution in [0, 0.1) is 11.8 Å². The van der Waals surface area contributed by atoms with Gasteiger partial charge < -0.3 is 18.9 Å². The number of ether oxygens (including phenoxy) is 4. The lowest BCUT2D eigenvalue weighted by Crippen LogP contribution is -2.12. The van der Waals surface area contributed by atoms with Crippen molar-refractivity contribution < 1.29 is 18.9 Å². The Kier molecular flexibility index (Phi) is 10.3. The molecule has 4 unspecified atom stereocenters. The van der Waals surface area contributed by atoms with Crippen LogP contribution in [0.25, 0.3) is 0 Å². The molecule has 0 aromatic heterocycles. The van der Waals surface area contributed by atoms with Crippen molar-refractivity contribution in [1.82, 2.24) is 0 Å². The lowest BCUT2D eigenvalue weighted by atomic mass is 9.95. The Morgan fingerprint density at radius 2 is 1.12 bits per heavy atom. The van der Waals surface area contributed by atoms with Gasteiger partial charge in [0.2, 0.25) is 0 Å². The van der Waals surface area contributed by atoms with Gasteiger partial charge in [0, 0.05) is 13.2 Å². The first-order valence-electron chi connectivity index (χ1n) is 10.2. The molecular formula is C20H38O4. The van der Waals surface area contributed by atoms with E-state index in [2.05, 4.69) is 13.8 Å². The lowest BCUT2D eigenvalue weighted by Gasteiger charge is -2.14. The highest BCUT2D eigenvalue weighted by Crippen LogP contribution is 2.29. The Labute approximate surface area is 148 Å². The Hall–Kier alpha value is -0.160. The third kappa shape index (κ3) is 8.80. The summed E-state index contributed by atoms with van der Waals surface area (Å²) in [6.45, 7) is 9.63. The van der Waals surface area contributed by atoms with Crippen molar-refractivity contribution in [2.75, 3.05) is 39.6 Å². The lowest BCUT2D eigenvalue weighted by molar-refractivity contribution is 0.0421. The fraction of sp³-hybridized carbons (Fsp3) is 1.00. The maximum atomic E-state index is 5.69. The first-order chi connectivity index (χ1) is 11.8. The van der Waals surface area contributed by atoms with Crippen molar-refractivity contribution in [3.8, 4) is 0 Å². The van der Waals surface area contributed by atoms with Gasteiger partial charge in [0.25, 0.3) is 0 Å². The molecule has 142 valence electrons. The first kappa shape index (κ1) is 20.2. The summed E-state index contributed by atoms with van der Waals surface area (Å²) in [5, 5.41) is 0. The molecule has 2 aliphatic heterocycles. The summed E-state index contributed by atoms with van der Waals surface area (Å²) < 4.78 is 22.3. The average molecular weight is 343 g/mol. The summed E-state index contributed by atoms with van der Waals surface area (Å²) in [7, 11) is 0. The Morgan fingerprint density at radius 3 is 1.46 bits per heavy atom. The molecule has 0 radical (unpaired) electrons. The summed E-state index contributed by atoms with van der Waals surface area (Å²) in [6, 6.07) is 0. The van der Waals surface area contributed by atoms with Crippen molar-refractivity contribution >= 4 is 0 Å². The second-order valence-corrected chi connectivity index (χ2v) is 7.35. The summed E-state index contributed by atoms with van der Waals surface area (Å²) in [6.07, 6.45) is 10.9. The maximum absolute atomic E-state index is 5.69. The summed E-state index contributed by atoms with van der Waals surface area (Å²) in [5.41, 5.74) is 0. The first-order valence-corrected chi connectivity index (χ1v) is 10.2. The van der Waals surface area contributed by atoms with Gasteiger partial charge in [0.05, 0.1) is 38.6 Å². The normalized spacial score (nSPS) is 24.8. The SMILES string of the molecule is CCCC(CCCOCCOCCCC(CCC)C1CO1)C1CO1. The van der Waals surface area contributed by atoms with E-state index in [-0.39, 0.29) is 0 Å². The van der Waals surface area contributed by atoms with Crippen LogP contribution in [0.5, 0.6) is 0 Å². The molecule has 4 heteroatoms. The van der Waals surface area contributed by atoms with Crippen molar-refractivity contribution in [2.24, 2.45) is 11.8 Å². The fourth-order valence-corrected chi connectivity index (χ4v) is 3.65.